The molecule has 7 heteroatoms. The number of piperazine rings is 1. The van der Waals surface area contributed by atoms with E-state index in [0.29, 0.717) is 11.3 Å². The maximum atomic E-state index is 12.8. The maximum absolute atomic E-state index is 12.8. The zero-order valence-electron chi connectivity index (χ0n) is 17.7. The number of hydrogen-bond donors (Lipinski definition) is 2. The van der Waals surface area contributed by atoms with Gasteiger partial charge < -0.3 is 19.9 Å². The van der Waals surface area contributed by atoms with Crippen LogP contribution in [0.4, 0.5) is 11.4 Å². The lowest BCUT2D eigenvalue weighted by Crippen LogP contribution is -2.44. The number of benzene rings is 3. The van der Waals surface area contributed by atoms with Gasteiger partial charge >= 0.3 is 0 Å². The van der Waals surface area contributed by atoms with Crippen LogP contribution in [0.15, 0.2) is 60.7 Å². The van der Waals surface area contributed by atoms with E-state index in [2.05, 4.69) is 39.6 Å². The Morgan fingerprint density at radius 3 is 2.26 bits per heavy atom. The lowest BCUT2D eigenvalue weighted by Gasteiger charge is -2.34. The van der Waals surface area contributed by atoms with Gasteiger partial charge in [-0.3, -0.25) is 10.1 Å². The molecular formula is C24H26N4O2S. The molecule has 0 radical (unpaired) electrons. The molecule has 0 unspecified atom stereocenters. The maximum Gasteiger partial charge on any atom is 0.261 e. The summed E-state index contributed by atoms with van der Waals surface area (Å²) in [5.74, 6) is 0.199. The molecule has 2 N–H and O–H groups in total. The number of carbonyl (C=O) groups is 1. The summed E-state index contributed by atoms with van der Waals surface area (Å²) in [6.45, 7) is 4.17. The third-order valence-corrected chi connectivity index (χ3v) is 5.74. The second-order valence-electron chi connectivity index (χ2n) is 7.65. The third-order valence-electron chi connectivity index (χ3n) is 5.53. The molecule has 0 aromatic heterocycles. The van der Waals surface area contributed by atoms with Crippen molar-refractivity contribution < 1.29 is 9.53 Å². The van der Waals surface area contributed by atoms with Crippen LogP contribution in [0.1, 0.15) is 10.4 Å². The van der Waals surface area contributed by atoms with Crippen molar-refractivity contribution in [1.29, 1.82) is 0 Å². The van der Waals surface area contributed by atoms with E-state index in [1.54, 1.807) is 7.11 Å². The third kappa shape index (κ3) is 4.95. The number of rotatable bonds is 4. The molecule has 6 nitrogen and oxygen atoms in total. The van der Waals surface area contributed by atoms with Crippen molar-refractivity contribution in [3.8, 4) is 5.75 Å². The predicted octanol–water partition coefficient (Wildman–Crippen LogP) is 3.73. The zero-order chi connectivity index (χ0) is 21.8. The molecule has 1 amide bonds. The number of ether oxygens (including phenoxy) is 1. The highest BCUT2D eigenvalue weighted by atomic mass is 32.1. The molecule has 3 aromatic rings. The molecule has 1 aliphatic rings. The van der Waals surface area contributed by atoms with Crippen molar-refractivity contribution in [2.75, 3.05) is 50.6 Å². The van der Waals surface area contributed by atoms with E-state index in [4.69, 9.17) is 17.0 Å². The first-order valence-corrected chi connectivity index (χ1v) is 10.7. The molecule has 0 spiro atoms. The van der Waals surface area contributed by atoms with E-state index in [-0.39, 0.29) is 11.0 Å². The second-order valence-corrected chi connectivity index (χ2v) is 8.05. The SMILES string of the molecule is COc1cc2ccccc2cc1C(=O)NC(=S)Nc1ccc(N2CCN(C)CC2)cc1. The Bertz CT molecular complexity index is 1090. The van der Waals surface area contributed by atoms with Gasteiger partial charge in [-0.15, -0.1) is 0 Å². The molecule has 0 saturated carbocycles. The smallest absolute Gasteiger partial charge is 0.261 e. The van der Waals surface area contributed by atoms with Crippen molar-refractivity contribution in [3.63, 3.8) is 0 Å². The minimum Gasteiger partial charge on any atom is -0.496 e. The molecule has 4 rings (SSSR count). The van der Waals surface area contributed by atoms with Gasteiger partial charge in [0, 0.05) is 37.6 Å². The Morgan fingerprint density at radius 2 is 1.61 bits per heavy atom. The number of nitrogens with one attached hydrogen (secondary N) is 2. The van der Waals surface area contributed by atoms with E-state index < -0.39 is 0 Å². The lowest BCUT2D eigenvalue weighted by atomic mass is 10.1. The number of thiocarbonyl (C=S) groups is 1. The molecule has 31 heavy (non-hydrogen) atoms. The molecule has 1 heterocycles. The molecule has 160 valence electrons. The summed E-state index contributed by atoms with van der Waals surface area (Å²) < 4.78 is 5.42. The number of methoxy groups -OCH3 is 1. The highest BCUT2D eigenvalue weighted by molar-refractivity contribution is 7.80. The van der Waals surface area contributed by atoms with E-state index in [1.165, 1.54) is 5.69 Å². The van der Waals surface area contributed by atoms with Crippen molar-refractivity contribution in [1.82, 2.24) is 10.2 Å². The average molecular weight is 435 g/mol. The fraction of sp³-hybridized carbons (Fsp3) is 0.250. The quantitative estimate of drug-likeness (QED) is 0.611. The van der Waals surface area contributed by atoms with E-state index in [0.717, 1.165) is 42.6 Å². The van der Waals surface area contributed by atoms with Crippen LogP contribution in [0.5, 0.6) is 5.75 Å². The number of carbonyl (C=O) groups excluding carboxylic acids is 1. The number of likely N-dealkylation sites (N-methyl/N-ethyl adjacent to an activating group) is 1. The van der Waals surface area contributed by atoms with Gasteiger partial charge in [0.15, 0.2) is 5.11 Å². The highest BCUT2D eigenvalue weighted by Gasteiger charge is 2.16. The first-order valence-electron chi connectivity index (χ1n) is 10.3. The standard InChI is InChI=1S/C24H26N4O2S/c1-27-11-13-28(14-12-27)20-9-7-19(8-10-20)25-24(31)26-23(29)21-15-17-5-3-4-6-18(17)16-22(21)30-2/h3-10,15-16H,11-14H2,1-2H3,(H2,25,26,29,31). The minimum atomic E-state index is -0.311. The van der Waals surface area contributed by atoms with Crippen molar-refractivity contribution in [2.24, 2.45) is 0 Å². The van der Waals surface area contributed by atoms with Gasteiger partial charge in [0.2, 0.25) is 0 Å². The fourth-order valence-electron chi connectivity index (χ4n) is 3.72. The summed E-state index contributed by atoms with van der Waals surface area (Å²) in [6.07, 6.45) is 0. The molecular weight excluding hydrogens is 408 g/mol. The summed E-state index contributed by atoms with van der Waals surface area (Å²) in [4.78, 5) is 17.5. The number of anilines is 2. The van der Waals surface area contributed by atoms with Crippen LogP contribution in [0, 0.1) is 0 Å². The highest BCUT2D eigenvalue weighted by Crippen LogP contribution is 2.26. The Kier molecular flexibility index (Phi) is 6.34. The molecule has 3 aromatic carbocycles. The fourth-order valence-corrected chi connectivity index (χ4v) is 3.93. The van der Waals surface area contributed by atoms with Crippen molar-refractivity contribution in [3.05, 3.63) is 66.2 Å². The monoisotopic (exact) mass is 434 g/mol. The summed E-state index contributed by atoms with van der Waals surface area (Å²) >= 11 is 5.36. The largest absolute Gasteiger partial charge is 0.496 e. The number of amides is 1. The summed E-state index contributed by atoms with van der Waals surface area (Å²) in [5, 5.41) is 8.06. The first kappa shape index (κ1) is 21.1. The normalized spacial score (nSPS) is 14.3. The predicted molar refractivity (Wildman–Crippen MR) is 130 cm³/mol. The molecule has 0 bridgehead atoms. The van der Waals surface area contributed by atoms with Crippen LogP contribution in [0.25, 0.3) is 10.8 Å². The Morgan fingerprint density at radius 1 is 0.968 bits per heavy atom. The van der Waals surface area contributed by atoms with Gasteiger partial charge in [0.1, 0.15) is 5.75 Å². The summed E-state index contributed by atoms with van der Waals surface area (Å²) in [6, 6.07) is 19.6. The topological polar surface area (TPSA) is 56.8 Å². The van der Waals surface area contributed by atoms with Crippen LogP contribution in [-0.2, 0) is 0 Å². The van der Waals surface area contributed by atoms with Gasteiger partial charge in [-0.1, -0.05) is 24.3 Å². The Hall–Kier alpha value is -3.16. The second kappa shape index (κ2) is 9.32. The lowest BCUT2D eigenvalue weighted by molar-refractivity contribution is 0.0975. The Labute approximate surface area is 187 Å². The molecule has 1 aliphatic heterocycles. The Balaban J connectivity index is 1.40. The first-order chi connectivity index (χ1) is 15.0. The molecule has 0 aliphatic carbocycles. The number of fused-ring (bicyclic) bond motifs is 1. The summed E-state index contributed by atoms with van der Waals surface area (Å²) in [7, 11) is 3.70. The van der Waals surface area contributed by atoms with Crippen LogP contribution >= 0.6 is 12.2 Å². The molecule has 1 saturated heterocycles. The van der Waals surface area contributed by atoms with Gasteiger partial charge in [-0.05, 0) is 66.4 Å². The average Bonchev–Trinajstić information content (AvgIpc) is 2.79. The van der Waals surface area contributed by atoms with Crippen molar-refractivity contribution in [2.45, 2.75) is 0 Å². The molecule has 1 fully saturated rings. The van der Waals surface area contributed by atoms with Gasteiger partial charge in [0.25, 0.3) is 5.91 Å². The van der Waals surface area contributed by atoms with Gasteiger partial charge in [-0.2, -0.15) is 0 Å². The zero-order valence-corrected chi connectivity index (χ0v) is 18.5. The minimum absolute atomic E-state index is 0.243. The van der Waals surface area contributed by atoms with E-state index >= 15 is 0 Å². The number of nitrogens with zero attached hydrogens (tertiary/aromatic N) is 2. The summed E-state index contributed by atoms with van der Waals surface area (Å²) in [5.41, 5.74) is 2.46. The van der Waals surface area contributed by atoms with E-state index in [1.807, 2.05) is 48.5 Å². The van der Waals surface area contributed by atoms with Gasteiger partial charge in [0.05, 0.1) is 12.7 Å². The number of hydrogen-bond acceptors (Lipinski definition) is 5. The van der Waals surface area contributed by atoms with Crippen molar-refractivity contribution >= 4 is 45.4 Å². The van der Waals surface area contributed by atoms with Gasteiger partial charge in [-0.25, -0.2) is 0 Å². The molecule has 0 atom stereocenters. The van der Waals surface area contributed by atoms with Crippen LogP contribution in [0.2, 0.25) is 0 Å². The van der Waals surface area contributed by atoms with E-state index in [9.17, 15) is 4.79 Å². The van der Waals surface area contributed by atoms with Crippen LogP contribution < -0.4 is 20.3 Å². The van der Waals surface area contributed by atoms with Crippen LogP contribution in [-0.4, -0.2) is 56.3 Å². The van der Waals surface area contributed by atoms with Crippen LogP contribution in [0.3, 0.4) is 0 Å².